The van der Waals surface area contributed by atoms with Gasteiger partial charge in [-0.3, -0.25) is 4.79 Å². The van der Waals surface area contributed by atoms with Crippen molar-refractivity contribution in [3.05, 3.63) is 59.9 Å². The molecule has 0 heterocycles. The summed E-state index contributed by atoms with van der Waals surface area (Å²) in [6, 6.07) is 13.4. The van der Waals surface area contributed by atoms with Crippen molar-refractivity contribution in [3.8, 4) is 0 Å². The van der Waals surface area contributed by atoms with Crippen molar-refractivity contribution in [2.75, 3.05) is 10.6 Å². The van der Waals surface area contributed by atoms with E-state index in [1.54, 1.807) is 6.92 Å². The number of carbonyl (C=O) groups excluding carboxylic acids is 1. The molecule has 2 aromatic rings. The standard InChI is InChI=1S/C18H21FN2O/c1-12(2)14-4-8-16(9-5-14)20-13(3)18(22)21-17-10-6-15(19)7-11-17/h4-13,20H,1-3H3,(H,21,22)/t13-/m1/s1. The van der Waals surface area contributed by atoms with E-state index in [2.05, 4.69) is 36.6 Å². The molecule has 1 amide bonds. The highest BCUT2D eigenvalue weighted by atomic mass is 19.1. The van der Waals surface area contributed by atoms with Gasteiger partial charge in [0.05, 0.1) is 0 Å². The molecule has 2 rings (SSSR count). The van der Waals surface area contributed by atoms with Crippen LogP contribution in [-0.2, 0) is 4.79 Å². The summed E-state index contributed by atoms with van der Waals surface area (Å²) in [5, 5.41) is 5.90. The van der Waals surface area contributed by atoms with Crippen LogP contribution in [0.4, 0.5) is 15.8 Å². The molecule has 4 heteroatoms. The van der Waals surface area contributed by atoms with Crippen molar-refractivity contribution in [2.45, 2.75) is 32.7 Å². The van der Waals surface area contributed by atoms with Crippen LogP contribution in [0.2, 0.25) is 0 Å². The maximum absolute atomic E-state index is 12.8. The Labute approximate surface area is 130 Å². The first-order valence-electron chi connectivity index (χ1n) is 7.38. The molecule has 22 heavy (non-hydrogen) atoms. The van der Waals surface area contributed by atoms with Gasteiger partial charge in [0, 0.05) is 11.4 Å². The van der Waals surface area contributed by atoms with E-state index < -0.39 is 6.04 Å². The number of hydrogen-bond donors (Lipinski definition) is 2. The summed E-state index contributed by atoms with van der Waals surface area (Å²) in [6.07, 6.45) is 0. The molecule has 0 bridgehead atoms. The third kappa shape index (κ3) is 4.32. The lowest BCUT2D eigenvalue weighted by atomic mass is 10.0. The smallest absolute Gasteiger partial charge is 0.246 e. The number of hydrogen-bond acceptors (Lipinski definition) is 2. The number of carbonyl (C=O) groups is 1. The van der Waals surface area contributed by atoms with Gasteiger partial charge >= 0.3 is 0 Å². The zero-order valence-corrected chi connectivity index (χ0v) is 13.1. The predicted molar refractivity (Wildman–Crippen MR) is 88.6 cm³/mol. The molecule has 0 spiro atoms. The Morgan fingerprint density at radius 2 is 1.45 bits per heavy atom. The molecule has 0 fully saturated rings. The van der Waals surface area contributed by atoms with Crippen LogP contribution >= 0.6 is 0 Å². The van der Waals surface area contributed by atoms with E-state index >= 15 is 0 Å². The SMILES string of the molecule is CC(C)c1ccc(N[C@H](C)C(=O)Nc2ccc(F)cc2)cc1. The molecule has 0 radical (unpaired) electrons. The van der Waals surface area contributed by atoms with Gasteiger partial charge in [-0.15, -0.1) is 0 Å². The summed E-state index contributed by atoms with van der Waals surface area (Å²) >= 11 is 0. The summed E-state index contributed by atoms with van der Waals surface area (Å²) in [6.45, 7) is 6.07. The quantitative estimate of drug-likeness (QED) is 0.860. The fourth-order valence-corrected chi connectivity index (χ4v) is 2.06. The van der Waals surface area contributed by atoms with Crippen LogP contribution in [0, 0.1) is 5.82 Å². The first-order chi connectivity index (χ1) is 10.5. The maximum Gasteiger partial charge on any atom is 0.246 e. The van der Waals surface area contributed by atoms with Gasteiger partial charge in [0.15, 0.2) is 0 Å². The van der Waals surface area contributed by atoms with Gasteiger partial charge in [0.2, 0.25) is 5.91 Å². The maximum atomic E-state index is 12.8. The number of amides is 1. The Morgan fingerprint density at radius 3 is 2.00 bits per heavy atom. The lowest BCUT2D eigenvalue weighted by Gasteiger charge is -2.16. The van der Waals surface area contributed by atoms with E-state index in [9.17, 15) is 9.18 Å². The van der Waals surface area contributed by atoms with Crippen LogP contribution in [-0.4, -0.2) is 11.9 Å². The molecule has 0 aromatic heterocycles. The molecule has 0 saturated carbocycles. The zero-order valence-electron chi connectivity index (χ0n) is 13.1. The molecular weight excluding hydrogens is 279 g/mol. The van der Waals surface area contributed by atoms with Crippen LogP contribution in [0.1, 0.15) is 32.3 Å². The van der Waals surface area contributed by atoms with E-state index in [4.69, 9.17) is 0 Å². The molecule has 0 aliphatic carbocycles. The summed E-state index contributed by atoms with van der Waals surface area (Å²) in [7, 11) is 0. The first-order valence-corrected chi connectivity index (χ1v) is 7.38. The molecule has 1 atom stereocenters. The van der Waals surface area contributed by atoms with Crippen LogP contribution in [0.5, 0.6) is 0 Å². The molecule has 0 aliphatic rings. The van der Waals surface area contributed by atoms with Crippen LogP contribution in [0.25, 0.3) is 0 Å². The lowest BCUT2D eigenvalue weighted by Crippen LogP contribution is -2.31. The molecule has 116 valence electrons. The molecule has 2 aromatic carbocycles. The molecular formula is C18H21FN2O. The van der Waals surface area contributed by atoms with Gasteiger partial charge in [-0.1, -0.05) is 26.0 Å². The minimum Gasteiger partial charge on any atom is -0.374 e. The average molecular weight is 300 g/mol. The van der Waals surface area contributed by atoms with Gasteiger partial charge in [0.1, 0.15) is 11.9 Å². The Morgan fingerprint density at radius 1 is 0.909 bits per heavy atom. The predicted octanol–water partition coefficient (Wildman–Crippen LogP) is 4.39. The van der Waals surface area contributed by atoms with Crippen LogP contribution in [0.15, 0.2) is 48.5 Å². The molecule has 0 aliphatic heterocycles. The molecule has 2 N–H and O–H groups in total. The lowest BCUT2D eigenvalue weighted by molar-refractivity contribution is -0.116. The number of rotatable bonds is 5. The summed E-state index contributed by atoms with van der Waals surface area (Å²) in [5.41, 5.74) is 2.73. The monoisotopic (exact) mass is 300 g/mol. The number of nitrogens with one attached hydrogen (secondary N) is 2. The second kappa shape index (κ2) is 7.07. The van der Waals surface area contributed by atoms with Crippen molar-refractivity contribution < 1.29 is 9.18 Å². The van der Waals surface area contributed by atoms with Gasteiger partial charge in [-0.05, 0) is 54.8 Å². The zero-order chi connectivity index (χ0) is 16.1. The highest BCUT2D eigenvalue weighted by molar-refractivity contribution is 5.96. The Bertz CT molecular complexity index is 621. The van der Waals surface area contributed by atoms with Crippen molar-refractivity contribution in [1.29, 1.82) is 0 Å². The Hall–Kier alpha value is -2.36. The fraction of sp³-hybridized carbons (Fsp3) is 0.278. The number of anilines is 2. The van der Waals surface area contributed by atoms with Crippen LogP contribution in [0.3, 0.4) is 0 Å². The second-order valence-electron chi connectivity index (χ2n) is 5.64. The second-order valence-corrected chi connectivity index (χ2v) is 5.64. The minimum atomic E-state index is -0.394. The summed E-state index contributed by atoms with van der Waals surface area (Å²) in [5.74, 6) is -0.0118. The minimum absolute atomic E-state index is 0.167. The normalized spacial score (nSPS) is 12.0. The van der Waals surface area contributed by atoms with Crippen molar-refractivity contribution in [3.63, 3.8) is 0 Å². The highest BCUT2D eigenvalue weighted by Gasteiger charge is 2.13. The summed E-state index contributed by atoms with van der Waals surface area (Å²) < 4.78 is 12.8. The van der Waals surface area contributed by atoms with E-state index in [1.807, 2.05) is 12.1 Å². The van der Waals surface area contributed by atoms with Crippen molar-refractivity contribution >= 4 is 17.3 Å². The number of halogens is 1. The molecule has 0 unspecified atom stereocenters. The molecule has 3 nitrogen and oxygen atoms in total. The Kier molecular flexibility index (Phi) is 5.15. The third-order valence-corrected chi connectivity index (χ3v) is 3.47. The third-order valence-electron chi connectivity index (χ3n) is 3.47. The van der Waals surface area contributed by atoms with Crippen LogP contribution < -0.4 is 10.6 Å². The van der Waals surface area contributed by atoms with Gasteiger partial charge < -0.3 is 10.6 Å². The largest absolute Gasteiger partial charge is 0.374 e. The highest BCUT2D eigenvalue weighted by Crippen LogP contribution is 2.18. The fourth-order valence-electron chi connectivity index (χ4n) is 2.06. The average Bonchev–Trinajstić information content (AvgIpc) is 2.50. The van der Waals surface area contributed by atoms with Crippen molar-refractivity contribution in [2.24, 2.45) is 0 Å². The van der Waals surface area contributed by atoms with E-state index in [1.165, 1.54) is 29.8 Å². The topological polar surface area (TPSA) is 41.1 Å². The van der Waals surface area contributed by atoms with Crippen molar-refractivity contribution in [1.82, 2.24) is 0 Å². The van der Waals surface area contributed by atoms with Gasteiger partial charge in [0.25, 0.3) is 0 Å². The summed E-state index contributed by atoms with van der Waals surface area (Å²) in [4.78, 5) is 12.1. The number of benzene rings is 2. The van der Waals surface area contributed by atoms with E-state index in [-0.39, 0.29) is 11.7 Å². The van der Waals surface area contributed by atoms with Gasteiger partial charge in [-0.2, -0.15) is 0 Å². The van der Waals surface area contributed by atoms with E-state index in [0.717, 1.165) is 5.69 Å². The van der Waals surface area contributed by atoms with Gasteiger partial charge in [-0.25, -0.2) is 4.39 Å². The van der Waals surface area contributed by atoms with E-state index in [0.29, 0.717) is 11.6 Å². The first kappa shape index (κ1) is 16.0. The Balaban J connectivity index is 1.94. The molecule has 0 saturated heterocycles.